The highest BCUT2D eigenvalue weighted by Gasteiger charge is 2.16. The lowest BCUT2D eigenvalue weighted by atomic mass is 10.0. The van der Waals surface area contributed by atoms with E-state index in [4.69, 9.17) is 9.15 Å². The summed E-state index contributed by atoms with van der Waals surface area (Å²) in [7, 11) is 1.65. The molecule has 4 heteroatoms. The zero-order valence-electron chi connectivity index (χ0n) is 10.7. The molecule has 0 aromatic carbocycles. The van der Waals surface area contributed by atoms with E-state index < -0.39 is 0 Å². The van der Waals surface area contributed by atoms with Crippen LogP contribution in [-0.4, -0.2) is 18.6 Å². The number of hydrogen-bond donors (Lipinski definition) is 1. The minimum atomic E-state index is 0.177. The molecule has 0 aliphatic carbocycles. The van der Waals surface area contributed by atoms with Crippen molar-refractivity contribution in [3.8, 4) is 5.88 Å². The quantitative estimate of drug-likeness (QED) is 0.851. The molecule has 1 N–H and O–H groups in total. The molecule has 1 unspecified atom stereocenters. The zero-order chi connectivity index (χ0) is 12.8. The molecule has 2 aromatic rings. The van der Waals surface area contributed by atoms with E-state index >= 15 is 0 Å². The molecule has 0 spiro atoms. The Morgan fingerprint density at radius 2 is 2.33 bits per heavy atom. The van der Waals surface area contributed by atoms with Crippen LogP contribution in [0.1, 0.15) is 24.1 Å². The summed E-state index contributed by atoms with van der Waals surface area (Å²) in [6.45, 7) is 2.98. The third-order valence-corrected chi connectivity index (χ3v) is 2.84. The second-order valence-corrected chi connectivity index (χ2v) is 4.05. The molecule has 1 atom stereocenters. The van der Waals surface area contributed by atoms with Crippen LogP contribution in [-0.2, 0) is 6.42 Å². The van der Waals surface area contributed by atoms with Crippen molar-refractivity contribution in [1.29, 1.82) is 0 Å². The molecule has 0 saturated heterocycles. The fraction of sp³-hybridized carbons (Fsp3) is 0.357. The average Bonchev–Trinajstić information content (AvgIpc) is 2.91. The summed E-state index contributed by atoms with van der Waals surface area (Å²) in [5, 5.41) is 3.45. The molecule has 0 amide bonds. The summed E-state index contributed by atoms with van der Waals surface area (Å²) >= 11 is 0. The maximum absolute atomic E-state index is 5.32. The first-order chi connectivity index (χ1) is 8.85. The molecule has 96 valence electrons. The second kappa shape index (κ2) is 6.21. The van der Waals surface area contributed by atoms with Gasteiger partial charge >= 0.3 is 0 Å². The molecule has 0 saturated carbocycles. The van der Waals surface area contributed by atoms with Crippen molar-refractivity contribution in [2.24, 2.45) is 0 Å². The van der Waals surface area contributed by atoms with Gasteiger partial charge < -0.3 is 14.5 Å². The Hall–Kier alpha value is -1.81. The Morgan fingerprint density at radius 3 is 3.00 bits per heavy atom. The number of furan rings is 1. The molecule has 2 aromatic heterocycles. The normalized spacial score (nSPS) is 12.3. The first-order valence-electron chi connectivity index (χ1n) is 6.08. The van der Waals surface area contributed by atoms with E-state index in [9.17, 15) is 0 Å². The molecule has 0 bridgehead atoms. The van der Waals surface area contributed by atoms with Crippen molar-refractivity contribution < 1.29 is 9.15 Å². The van der Waals surface area contributed by atoms with Gasteiger partial charge in [-0.1, -0.05) is 13.0 Å². The highest BCUT2D eigenvalue weighted by Crippen LogP contribution is 2.25. The van der Waals surface area contributed by atoms with Gasteiger partial charge in [-0.3, -0.25) is 0 Å². The number of pyridine rings is 1. The van der Waals surface area contributed by atoms with Crippen molar-refractivity contribution in [2.45, 2.75) is 19.4 Å². The first-order valence-corrected chi connectivity index (χ1v) is 6.08. The van der Waals surface area contributed by atoms with Crippen LogP contribution in [0.4, 0.5) is 0 Å². The molecule has 0 aliphatic heterocycles. The van der Waals surface area contributed by atoms with E-state index in [1.165, 1.54) is 0 Å². The number of likely N-dealkylation sites (N-methyl/N-ethyl adjacent to an activating group) is 1. The Morgan fingerprint density at radius 1 is 1.44 bits per heavy atom. The smallest absolute Gasteiger partial charge is 0.217 e. The minimum Gasteiger partial charge on any atom is -0.481 e. The number of hydrogen-bond acceptors (Lipinski definition) is 4. The third kappa shape index (κ3) is 2.90. The van der Waals surface area contributed by atoms with E-state index in [1.807, 2.05) is 18.2 Å². The van der Waals surface area contributed by atoms with Crippen molar-refractivity contribution in [1.82, 2.24) is 10.3 Å². The van der Waals surface area contributed by atoms with E-state index in [0.717, 1.165) is 24.1 Å². The van der Waals surface area contributed by atoms with Crippen molar-refractivity contribution in [2.75, 3.05) is 13.7 Å². The number of ether oxygens (including phenoxy) is 1. The topological polar surface area (TPSA) is 47.3 Å². The number of nitrogens with one attached hydrogen (secondary N) is 1. The van der Waals surface area contributed by atoms with Crippen LogP contribution in [0, 0.1) is 0 Å². The molecule has 2 rings (SSSR count). The highest BCUT2D eigenvalue weighted by atomic mass is 16.5. The van der Waals surface area contributed by atoms with E-state index in [0.29, 0.717) is 5.88 Å². The Balaban J connectivity index is 2.23. The van der Waals surface area contributed by atoms with Gasteiger partial charge in [-0.05, 0) is 30.7 Å². The maximum atomic E-state index is 5.32. The minimum absolute atomic E-state index is 0.177. The van der Waals surface area contributed by atoms with Gasteiger partial charge in [0.1, 0.15) is 0 Å². The van der Waals surface area contributed by atoms with Crippen LogP contribution in [0.15, 0.2) is 41.3 Å². The van der Waals surface area contributed by atoms with Crippen LogP contribution < -0.4 is 10.1 Å². The van der Waals surface area contributed by atoms with Crippen LogP contribution in [0.25, 0.3) is 0 Å². The molecular weight excluding hydrogens is 228 g/mol. The van der Waals surface area contributed by atoms with Crippen molar-refractivity contribution in [3.63, 3.8) is 0 Å². The largest absolute Gasteiger partial charge is 0.481 e. The lowest BCUT2D eigenvalue weighted by Gasteiger charge is -2.19. The Bertz CT molecular complexity index is 468. The summed E-state index contributed by atoms with van der Waals surface area (Å²) < 4.78 is 10.4. The number of methoxy groups -OCH3 is 1. The van der Waals surface area contributed by atoms with E-state index in [2.05, 4.69) is 17.2 Å². The lowest BCUT2D eigenvalue weighted by molar-refractivity contribution is 0.382. The van der Waals surface area contributed by atoms with Gasteiger partial charge in [0.05, 0.1) is 19.6 Å². The summed E-state index contributed by atoms with van der Waals surface area (Å²) in [4.78, 5) is 4.24. The average molecular weight is 246 g/mol. The van der Waals surface area contributed by atoms with Crippen molar-refractivity contribution in [3.05, 3.63) is 48.0 Å². The monoisotopic (exact) mass is 246 g/mol. The molecule has 18 heavy (non-hydrogen) atoms. The molecule has 0 aliphatic rings. The number of rotatable bonds is 6. The van der Waals surface area contributed by atoms with Crippen LogP contribution in [0.5, 0.6) is 5.88 Å². The first kappa shape index (κ1) is 12.6. The van der Waals surface area contributed by atoms with E-state index in [-0.39, 0.29) is 6.04 Å². The summed E-state index contributed by atoms with van der Waals surface area (Å²) in [5.74, 6) is 0.673. The van der Waals surface area contributed by atoms with Crippen LogP contribution >= 0.6 is 0 Å². The van der Waals surface area contributed by atoms with Crippen LogP contribution in [0.2, 0.25) is 0 Å². The second-order valence-electron chi connectivity index (χ2n) is 4.05. The zero-order valence-corrected chi connectivity index (χ0v) is 10.7. The number of nitrogens with zero attached hydrogens (tertiary/aromatic N) is 1. The predicted molar refractivity (Wildman–Crippen MR) is 69.6 cm³/mol. The van der Waals surface area contributed by atoms with Gasteiger partial charge in [0.2, 0.25) is 5.88 Å². The molecule has 2 heterocycles. The summed E-state index contributed by atoms with van der Waals surface area (Å²) in [6, 6.07) is 6.13. The maximum Gasteiger partial charge on any atom is 0.217 e. The highest BCUT2D eigenvalue weighted by molar-refractivity contribution is 5.30. The van der Waals surface area contributed by atoms with Gasteiger partial charge in [0.25, 0.3) is 0 Å². The summed E-state index contributed by atoms with van der Waals surface area (Å²) in [5.41, 5.74) is 2.23. The fourth-order valence-corrected chi connectivity index (χ4v) is 2.02. The van der Waals surface area contributed by atoms with Gasteiger partial charge in [-0.15, -0.1) is 0 Å². The Kier molecular flexibility index (Phi) is 4.36. The SMILES string of the molecule is CCNC(Cc1ccoc1)c1cccnc1OC. The fourth-order valence-electron chi connectivity index (χ4n) is 2.02. The van der Waals surface area contributed by atoms with Crippen molar-refractivity contribution >= 4 is 0 Å². The summed E-state index contributed by atoms with van der Waals surface area (Å²) in [6.07, 6.45) is 6.06. The Labute approximate surface area is 107 Å². The molecular formula is C14H18N2O2. The molecule has 0 fully saturated rings. The third-order valence-electron chi connectivity index (χ3n) is 2.84. The van der Waals surface area contributed by atoms with Gasteiger partial charge in [0.15, 0.2) is 0 Å². The van der Waals surface area contributed by atoms with E-state index in [1.54, 1.807) is 25.8 Å². The number of aromatic nitrogens is 1. The van der Waals surface area contributed by atoms with Gasteiger partial charge in [0, 0.05) is 17.8 Å². The lowest BCUT2D eigenvalue weighted by Crippen LogP contribution is -2.23. The predicted octanol–water partition coefficient (Wildman–Crippen LogP) is 2.58. The molecule has 0 radical (unpaired) electrons. The van der Waals surface area contributed by atoms with Gasteiger partial charge in [-0.2, -0.15) is 0 Å². The standard InChI is InChI=1S/C14H18N2O2/c1-3-15-13(9-11-6-8-18-10-11)12-5-4-7-16-14(12)17-2/h4-8,10,13,15H,3,9H2,1-2H3. The van der Waals surface area contributed by atoms with Gasteiger partial charge in [-0.25, -0.2) is 4.98 Å². The van der Waals surface area contributed by atoms with Crippen LogP contribution in [0.3, 0.4) is 0 Å². The molecule has 4 nitrogen and oxygen atoms in total.